The van der Waals surface area contributed by atoms with Gasteiger partial charge in [0, 0.05) is 24.7 Å². The second-order valence-electron chi connectivity index (χ2n) is 5.26. The van der Waals surface area contributed by atoms with Gasteiger partial charge in [-0.3, -0.25) is 0 Å². The quantitative estimate of drug-likeness (QED) is 0.913. The van der Waals surface area contributed by atoms with Crippen molar-refractivity contribution < 1.29 is 13.2 Å². The Kier molecular flexibility index (Phi) is 5.27. The number of hydrogen-bond donors (Lipinski definition) is 1. The Balaban J connectivity index is 2.44. The van der Waals surface area contributed by atoms with Crippen LogP contribution in [0.3, 0.4) is 0 Å². The first-order chi connectivity index (χ1) is 9.86. The van der Waals surface area contributed by atoms with Gasteiger partial charge in [-0.1, -0.05) is 11.6 Å². The van der Waals surface area contributed by atoms with Crippen molar-refractivity contribution in [2.45, 2.75) is 31.4 Å². The summed E-state index contributed by atoms with van der Waals surface area (Å²) in [4.78, 5) is 0.286. The highest BCUT2D eigenvalue weighted by atomic mass is 35.5. The van der Waals surface area contributed by atoms with Gasteiger partial charge in [0.25, 0.3) is 0 Å². The maximum absolute atomic E-state index is 12.9. The third kappa shape index (κ3) is 3.57. The summed E-state index contributed by atoms with van der Waals surface area (Å²) in [5.41, 5.74) is 1.64. The zero-order valence-electron chi connectivity index (χ0n) is 12.5. The van der Waals surface area contributed by atoms with Crippen molar-refractivity contribution >= 4 is 21.6 Å². The largest absolute Gasteiger partial charge is 0.376 e. The normalized spacial score (nSPS) is 20.7. The Morgan fingerprint density at radius 3 is 2.81 bits per heavy atom. The van der Waals surface area contributed by atoms with E-state index in [9.17, 15) is 8.42 Å². The lowest BCUT2D eigenvalue weighted by Crippen LogP contribution is -2.44. The van der Waals surface area contributed by atoms with Gasteiger partial charge < -0.3 is 10.1 Å². The van der Waals surface area contributed by atoms with Crippen molar-refractivity contribution in [1.29, 1.82) is 0 Å². The van der Waals surface area contributed by atoms with Crippen LogP contribution in [0.1, 0.15) is 18.1 Å². The van der Waals surface area contributed by atoms with Crippen LogP contribution in [-0.4, -0.2) is 45.6 Å². The fourth-order valence-corrected chi connectivity index (χ4v) is 4.59. The first kappa shape index (κ1) is 16.7. The fraction of sp³-hybridized carbons (Fsp3) is 0.571. The first-order valence-electron chi connectivity index (χ1n) is 6.91. The van der Waals surface area contributed by atoms with E-state index in [1.807, 2.05) is 20.9 Å². The number of halogens is 1. The number of sulfonamides is 1. The van der Waals surface area contributed by atoms with Crippen molar-refractivity contribution in [3.05, 3.63) is 28.3 Å². The number of morpholine rings is 1. The molecule has 118 valence electrons. The third-order valence-electron chi connectivity index (χ3n) is 3.62. The average Bonchev–Trinajstić information content (AvgIpc) is 2.42. The fourth-order valence-electron chi connectivity index (χ4n) is 2.49. The molecular weight excluding hydrogens is 312 g/mol. The molecule has 0 radical (unpaired) electrons. The molecule has 21 heavy (non-hydrogen) atoms. The molecule has 1 aromatic rings. The minimum absolute atomic E-state index is 0.0928. The van der Waals surface area contributed by atoms with Crippen molar-refractivity contribution in [2.24, 2.45) is 0 Å². The molecule has 0 spiro atoms. The molecule has 1 aromatic carbocycles. The van der Waals surface area contributed by atoms with E-state index >= 15 is 0 Å². The molecule has 0 bridgehead atoms. The molecule has 0 aromatic heterocycles. The van der Waals surface area contributed by atoms with Crippen molar-refractivity contribution in [3.63, 3.8) is 0 Å². The SMILES string of the molecule is CNCc1cc(Cl)cc(S(=O)(=O)N2CCOC(C)C2)c1C. The Morgan fingerprint density at radius 1 is 1.48 bits per heavy atom. The van der Waals surface area contributed by atoms with Crippen LogP contribution in [0, 0.1) is 6.92 Å². The second kappa shape index (κ2) is 6.62. The predicted octanol–water partition coefficient (Wildman–Crippen LogP) is 1.78. The predicted molar refractivity (Wildman–Crippen MR) is 83.1 cm³/mol. The lowest BCUT2D eigenvalue weighted by Gasteiger charge is -2.31. The molecule has 1 heterocycles. The van der Waals surface area contributed by atoms with Gasteiger partial charge in [-0.05, 0) is 44.2 Å². The summed E-state index contributed by atoms with van der Waals surface area (Å²) in [6, 6.07) is 3.33. The Hall–Kier alpha value is -0.660. The summed E-state index contributed by atoms with van der Waals surface area (Å²) in [5, 5.41) is 3.47. The highest BCUT2D eigenvalue weighted by molar-refractivity contribution is 7.89. The molecule has 1 atom stereocenters. The Morgan fingerprint density at radius 2 is 2.19 bits per heavy atom. The summed E-state index contributed by atoms with van der Waals surface area (Å²) in [5.74, 6) is 0. The van der Waals surface area contributed by atoms with Crippen LogP contribution in [0.25, 0.3) is 0 Å². The van der Waals surface area contributed by atoms with Crippen molar-refractivity contribution in [3.8, 4) is 0 Å². The van der Waals surface area contributed by atoms with Crippen molar-refractivity contribution in [2.75, 3.05) is 26.7 Å². The number of benzene rings is 1. The molecule has 1 N–H and O–H groups in total. The van der Waals surface area contributed by atoms with Crippen LogP contribution < -0.4 is 5.32 Å². The van der Waals surface area contributed by atoms with E-state index in [1.54, 1.807) is 6.07 Å². The highest BCUT2D eigenvalue weighted by Crippen LogP contribution is 2.28. The maximum atomic E-state index is 12.9. The molecule has 0 aliphatic carbocycles. The van der Waals surface area contributed by atoms with Gasteiger partial charge in [0.15, 0.2) is 0 Å². The monoisotopic (exact) mass is 332 g/mol. The lowest BCUT2D eigenvalue weighted by molar-refractivity contribution is 0.0102. The number of hydrogen-bond acceptors (Lipinski definition) is 4. The summed E-state index contributed by atoms with van der Waals surface area (Å²) >= 11 is 6.10. The smallest absolute Gasteiger partial charge is 0.243 e. The molecule has 0 amide bonds. The van der Waals surface area contributed by atoms with E-state index in [0.29, 0.717) is 31.3 Å². The van der Waals surface area contributed by atoms with E-state index in [1.165, 1.54) is 10.4 Å². The van der Waals surface area contributed by atoms with Gasteiger partial charge in [-0.2, -0.15) is 4.31 Å². The summed E-state index contributed by atoms with van der Waals surface area (Å²) < 4.78 is 32.6. The molecule has 1 fully saturated rings. The van der Waals surface area contributed by atoms with E-state index in [-0.39, 0.29) is 11.0 Å². The molecule has 7 heteroatoms. The molecule has 1 unspecified atom stereocenters. The van der Waals surface area contributed by atoms with E-state index in [0.717, 1.165) is 11.1 Å². The van der Waals surface area contributed by atoms with Gasteiger partial charge in [0.2, 0.25) is 10.0 Å². The van der Waals surface area contributed by atoms with Crippen molar-refractivity contribution in [1.82, 2.24) is 9.62 Å². The zero-order valence-corrected chi connectivity index (χ0v) is 14.1. The molecule has 2 rings (SSSR count). The van der Waals surface area contributed by atoms with Gasteiger partial charge in [0.1, 0.15) is 0 Å². The van der Waals surface area contributed by atoms with Crippen LogP contribution in [0.15, 0.2) is 17.0 Å². The van der Waals surface area contributed by atoms with E-state index < -0.39 is 10.0 Å². The van der Waals surface area contributed by atoms with Crippen LogP contribution >= 0.6 is 11.6 Å². The minimum Gasteiger partial charge on any atom is -0.376 e. The molecule has 1 aliphatic heterocycles. The number of rotatable bonds is 4. The molecule has 0 saturated carbocycles. The minimum atomic E-state index is -3.55. The summed E-state index contributed by atoms with van der Waals surface area (Å²) in [6.45, 7) is 5.44. The topological polar surface area (TPSA) is 58.6 Å². The molecule has 1 aliphatic rings. The van der Waals surface area contributed by atoms with Crippen LogP contribution in [0.4, 0.5) is 0 Å². The second-order valence-corrected chi connectivity index (χ2v) is 7.61. The highest BCUT2D eigenvalue weighted by Gasteiger charge is 2.31. The molecular formula is C14H21ClN2O3S. The average molecular weight is 333 g/mol. The van der Waals surface area contributed by atoms with E-state index in [2.05, 4.69) is 5.32 Å². The Labute approximate surface area is 131 Å². The Bertz CT molecular complexity index is 619. The standard InChI is InChI=1S/C14H21ClN2O3S/c1-10-9-17(4-5-20-10)21(18,19)14-7-13(15)6-12(8-16-3)11(14)2/h6-7,10,16H,4-5,8-9H2,1-3H3. The van der Waals surface area contributed by atoms with Crippen LogP contribution in [-0.2, 0) is 21.3 Å². The van der Waals surface area contributed by atoms with Gasteiger partial charge in [-0.15, -0.1) is 0 Å². The van der Waals surface area contributed by atoms with Crippen LogP contribution in [0.2, 0.25) is 5.02 Å². The van der Waals surface area contributed by atoms with Crippen LogP contribution in [0.5, 0.6) is 0 Å². The molecule has 1 saturated heterocycles. The first-order valence-corrected chi connectivity index (χ1v) is 8.73. The number of nitrogens with zero attached hydrogens (tertiary/aromatic N) is 1. The number of nitrogens with one attached hydrogen (secondary N) is 1. The third-order valence-corrected chi connectivity index (χ3v) is 5.83. The van der Waals surface area contributed by atoms with E-state index in [4.69, 9.17) is 16.3 Å². The summed E-state index contributed by atoms with van der Waals surface area (Å²) in [6.07, 6.45) is -0.0928. The van der Waals surface area contributed by atoms with Gasteiger partial charge in [-0.25, -0.2) is 8.42 Å². The summed E-state index contributed by atoms with van der Waals surface area (Å²) in [7, 11) is -1.73. The lowest BCUT2D eigenvalue weighted by atomic mass is 10.1. The zero-order chi connectivity index (χ0) is 15.6. The maximum Gasteiger partial charge on any atom is 0.243 e. The number of ether oxygens (including phenoxy) is 1. The molecule has 5 nitrogen and oxygen atoms in total. The van der Waals surface area contributed by atoms with Gasteiger partial charge >= 0.3 is 0 Å². The van der Waals surface area contributed by atoms with Gasteiger partial charge in [0.05, 0.1) is 17.6 Å².